The van der Waals surface area contributed by atoms with Crippen molar-refractivity contribution in [3.8, 4) is 5.75 Å². The molecule has 1 aromatic heterocycles. The Morgan fingerprint density at radius 2 is 2.00 bits per heavy atom. The summed E-state index contributed by atoms with van der Waals surface area (Å²) in [5, 5.41) is 1.24. The fraction of sp³-hybridized carbons (Fsp3) is 0.609. The third-order valence-electron chi connectivity index (χ3n) is 6.59. The molecule has 4 rings (SSSR count). The molecule has 1 atom stereocenters. The quantitative estimate of drug-likeness (QED) is 0.814. The lowest BCUT2D eigenvalue weighted by Crippen LogP contribution is -2.55. The highest BCUT2D eigenvalue weighted by molar-refractivity contribution is 5.85. The van der Waals surface area contributed by atoms with Gasteiger partial charge in [0.25, 0.3) is 0 Å². The summed E-state index contributed by atoms with van der Waals surface area (Å²) in [6.07, 6.45) is 2.28. The number of amides is 1. The maximum absolute atomic E-state index is 11.9. The van der Waals surface area contributed by atoms with E-state index in [4.69, 9.17) is 9.47 Å². The van der Waals surface area contributed by atoms with Crippen molar-refractivity contribution in [3.05, 3.63) is 29.5 Å². The van der Waals surface area contributed by atoms with Crippen LogP contribution in [0.4, 0.5) is 4.79 Å². The largest absolute Gasteiger partial charge is 0.497 e. The van der Waals surface area contributed by atoms with Gasteiger partial charge in [0.2, 0.25) is 0 Å². The van der Waals surface area contributed by atoms with Crippen molar-refractivity contribution >= 4 is 17.0 Å². The van der Waals surface area contributed by atoms with Crippen molar-refractivity contribution in [2.24, 2.45) is 0 Å². The number of piperidine rings is 1. The van der Waals surface area contributed by atoms with E-state index < -0.39 is 0 Å². The van der Waals surface area contributed by atoms with E-state index in [1.165, 1.54) is 35.0 Å². The van der Waals surface area contributed by atoms with Gasteiger partial charge >= 0.3 is 6.09 Å². The first-order chi connectivity index (χ1) is 14.6. The average Bonchev–Trinajstić information content (AvgIpc) is 3.09. The first-order valence-corrected chi connectivity index (χ1v) is 11.1. The highest BCUT2D eigenvalue weighted by atomic mass is 16.6. The number of ether oxygens (including phenoxy) is 2. The first kappa shape index (κ1) is 21.0. The van der Waals surface area contributed by atoms with Crippen molar-refractivity contribution in [3.63, 3.8) is 0 Å². The number of fused-ring (bicyclic) bond motifs is 1. The molecule has 30 heavy (non-hydrogen) atoms. The van der Waals surface area contributed by atoms with Crippen LogP contribution in [0.5, 0.6) is 5.75 Å². The molecule has 0 aliphatic carbocycles. The number of nitrogens with one attached hydrogen (secondary N) is 1. The molecule has 0 bridgehead atoms. The number of piperazine rings is 1. The molecule has 3 heterocycles. The number of likely N-dealkylation sites (tertiary alicyclic amines) is 1. The predicted molar refractivity (Wildman–Crippen MR) is 118 cm³/mol. The lowest BCUT2D eigenvalue weighted by molar-refractivity contribution is 0.0410. The highest BCUT2D eigenvalue weighted by Gasteiger charge is 2.30. The molecule has 2 saturated heterocycles. The van der Waals surface area contributed by atoms with E-state index in [-0.39, 0.29) is 6.09 Å². The Morgan fingerprint density at radius 1 is 1.20 bits per heavy atom. The van der Waals surface area contributed by atoms with Crippen LogP contribution in [0.1, 0.15) is 31.0 Å². The summed E-state index contributed by atoms with van der Waals surface area (Å²) in [4.78, 5) is 22.5. The smallest absolute Gasteiger partial charge is 0.409 e. The van der Waals surface area contributed by atoms with E-state index >= 15 is 0 Å². The zero-order valence-electron chi connectivity index (χ0n) is 18.4. The van der Waals surface area contributed by atoms with Gasteiger partial charge in [0, 0.05) is 61.9 Å². The number of carbonyl (C=O) groups excluding carboxylic acids is 1. The maximum Gasteiger partial charge on any atom is 0.409 e. The molecular formula is C23H34N4O3. The number of aromatic amines is 1. The van der Waals surface area contributed by atoms with Crippen LogP contribution >= 0.6 is 0 Å². The number of aryl methyl sites for hydroxylation is 1. The van der Waals surface area contributed by atoms with E-state index in [0.717, 1.165) is 51.6 Å². The summed E-state index contributed by atoms with van der Waals surface area (Å²) >= 11 is 0. The van der Waals surface area contributed by atoms with Crippen molar-refractivity contribution in [2.75, 3.05) is 53.0 Å². The summed E-state index contributed by atoms with van der Waals surface area (Å²) < 4.78 is 10.5. The van der Waals surface area contributed by atoms with Crippen LogP contribution in [0.2, 0.25) is 0 Å². The summed E-state index contributed by atoms with van der Waals surface area (Å²) in [5.74, 6) is 0.899. The Bertz CT molecular complexity index is 873. The van der Waals surface area contributed by atoms with Gasteiger partial charge < -0.3 is 19.4 Å². The maximum atomic E-state index is 11.9. The molecule has 7 nitrogen and oxygen atoms in total. The molecule has 1 N–H and O–H groups in total. The van der Waals surface area contributed by atoms with Crippen LogP contribution in [0, 0.1) is 6.92 Å². The monoisotopic (exact) mass is 414 g/mol. The number of methoxy groups -OCH3 is 1. The van der Waals surface area contributed by atoms with Crippen molar-refractivity contribution in [1.29, 1.82) is 0 Å². The molecule has 0 radical (unpaired) electrons. The summed E-state index contributed by atoms with van der Waals surface area (Å²) in [6.45, 7) is 11.1. The fourth-order valence-corrected chi connectivity index (χ4v) is 4.83. The van der Waals surface area contributed by atoms with E-state index in [1.54, 1.807) is 7.11 Å². The fourth-order valence-electron chi connectivity index (χ4n) is 4.83. The molecule has 2 aromatic rings. The number of H-pyrrole nitrogens is 1. The standard InChI is InChI=1S/C23H34N4O3/c1-4-30-23(28)27-12-10-26(11-13-27)18-6-5-9-25(15-18)16-22-17(2)20-14-19(29-3)7-8-21(20)24-22/h7-8,14,18,24H,4-6,9-13,15-16H2,1-3H3. The van der Waals surface area contributed by atoms with Crippen molar-refractivity contribution in [1.82, 2.24) is 19.7 Å². The predicted octanol–water partition coefficient (Wildman–Crippen LogP) is 3.22. The number of hydrogen-bond acceptors (Lipinski definition) is 5. The van der Waals surface area contributed by atoms with Gasteiger partial charge in [0.1, 0.15) is 5.75 Å². The molecule has 1 aromatic carbocycles. The number of benzene rings is 1. The molecule has 7 heteroatoms. The van der Waals surface area contributed by atoms with E-state index in [9.17, 15) is 4.79 Å². The van der Waals surface area contributed by atoms with E-state index in [2.05, 4.69) is 33.8 Å². The molecule has 0 saturated carbocycles. The van der Waals surface area contributed by atoms with Crippen LogP contribution in [0.25, 0.3) is 10.9 Å². The third kappa shape index (κ3) is 4.42. The molecule has 2 aliphatic rings. The molecular weight excluding hydrogens is 380 g/mol. The molecule has 2 fully saturated rings. The van der Waals surface area contributed by atoms with Gasteiger partial charge in [-0.25, -0.2) is 4.79 Å². The van der Waals surface area contributed by atoms with Gasteiger partial charge in [-0.1, -0.05) is 0 Å². The number of nitrogens with zero attached hydrogens (tertiary/aromatic N) is 3. The Kier molecular flexibility index (Phi) is 6.49. The minimum Gasteiger partial charge on any atom is -0.497 e. The number of rotatable bonds is 5. The topological polar surface area (TPSA) is 61.0 Å². The van der Waals surface area contributed by atoms with Gasteiger partial charge in [0.15, 0.2) is 0 Å². The van der Waals surface area contributed by atoms with E-state index in [1.807, 2.05) is 17.9 Å². The Balaban J connectivity index is 1.36. The van der Waals surface area contributed by atoms with Crippen LogP contribution < -0.4 is 4.74 Å². The SMILES string of the molecule is CCOC(=O)N1CCN(C2CCCN(Cc3[nH]c4ccc(OC)cc4c3C)C2)CC1. The zero-order valence-corrected chi connectivity index (χ0v) is 18.4. The highest BCUT2D eigenvalue weighted by Crippen LogP contribution is 2.28. The van der Waals surface area contributed by atoms with Crippen molar-refractivity contribution in [2.45, 2.75) is 39.3 Å². The zero-order chi connectivity index (χ0) is 21.1. The number of aromatic nitrogens is 1. The minimum absolute atomic E-state index is 0.173. The van der Waals surface area contributed by atoms with Crippen LogP contribution in [-0.4, -0.2) is 84.8 Å². The van der Waals surface area contributed by atoms with Crippen molar-refractivity contribution < 1.29 is 14.3 Å². The molecule has 164 valence electrons. The van der Waals surface area contributed by atoms with Gasteiger partial charge in [-0.15, -0.1) is 0 Å². The third-order valence-corrected chi connectivity index (χ3v) is 6.59. The Hall–Kier alpha value is -2.25. The Morgan fingerprint density at radius 3 is 2.73 bits per heavy atom. The second kappa shape index (κ2) is 9.27. The van der Waals surface area contributed by atoms with E-state index in [0.29, 0.717) is 12.6 Å². The second-order valence-electron chi connectivity index (χ2n) is 8.39. The number of carbonyl (C=O) groups is 1. The second-order valence-corrected chi connectivity index (χ2v) is 8.39. The average molecular weight is 415 g/mol. The summed E-state index contributed by atoms with van der Waals surface area (Å²) in [6, 6.07) is 6.79. The summed E-state index contributed by atoms with van der Waals surface area (Å²) in [5.41, 5.74) is 3.78. The normalized spacial score (nSPS) is 21.2. The lowest BCUT2D eigenvalue weighted by Gasteiger charge is -2.43. The van der Waals surface area contributed by atoms with Crippen LogP contribution in [0.3, 0.4) is 0 Å². The minimum atomic E-state index is -0.173. The molecule has 1 amide bonds. The first-order valence-electron chi connectivity index (χ1n) is 11.1. The van der Waals surface area contributed by atoms with Gasteiger partial charge in [-0.05, 0) is 57.0 Å². The van der Waals surface area contributed by atoms with Crippen LogP contribution in [-0.2, 0) is 11.3 Å². The van der Waals surface area contributed by atoms with Gasteiger partial charge in [-0.2, -0.15) is 0 Å². The molecule has 0 spiro atoms. The Labute approximate surface area is 178 Å². The summed E-state index contributed by atoms with van der Waals surface area (Å²) in [7, 11) is 1.71. The molecule has 2 aliphatic heterocycles. The number of hydrogen-bond donors (Lipinski definition) is 1. The lowest BCUT2D eigenvalue weighted by atomic mass is 10.0. The van der Waals surface area contributed by atoms with Gasteiger partial charge in [-0.3, -0.25) is 9.80 Å². The van der Waals surface area contributed by atoms with Crippen LogP contribution in [0.15, 0.2) is 18.2 Å². The molecule has 1 unspecified atom stereocenters. The van der Waals surface area contributed by atoms with Gasteiger partial charge in [0.05, 0.1) is 13.7 Å².